The van der Waals surface area contributed by atoms with Crippen molar-refractivity contribution >= 4 is 28.8 Å². The molecule has 0 fully saturated rings. The van der Waals surface area contributed by atoms with E-state index in [9.17, 15) is 9.59 Å². The van der Waals surface area contributed by atoms with Gasteiger partial charge in [-0.1, -0.05) is 52.0 Å². The minimum Gasteiger partial charge on any atom is -0.360 e. The molecule has 2 amide bonds. The molecule has 0 saturated carbocycles. The van der Waals surface area contributed by atoms with E-state index in [1.165, 1.54) is 17.4 Å². The number of para-hydroxylation sites is 1. The van der Waals surface area contributed by atoms with E-state index in [-0.39, 0.29) is 23.1 Å². The third-order valence-corrected chi connectivity index (χ3v) is 5.25. The highest BCUT2D eigenvalue weighted by Crippen LogP contribution is 2.32. The second-order valence-electron chi connectivity index (χ2n) is 8.06. The molecular weight excluding hydrogens is 350 g/mol. The number of nitrogens with one attached hydrogen (secondary N) is 2. The van der Waals surface area contributed by atoms with Crippen LogP contribution in [0.5, 0.6) is 0 Å². The van der Waals surface area contributed by atoms with Crippen LogP contribution in [0.25, 0.3) is 17.0 Å². The number of likely N-dealkylation sites (N-methyl/N-ethyl adjacent to an activating group) is 1. The van der Waals surface area contributed by atoms with Crippen molar-refractivity contribution in [3.63, 3.8) is 0 Å². The molecule has 28 heavy (non-hydrogen) atoms. The number of rotatable bonds is 7. The minimum atomic E-state index is -0.509. The molecular formula is C23H31N3O2. The largest absolute Gasteiger partial charge is 0.360 e. The zero-order valence-corrected chi connectivity index (χ0v) is 17.7. The lowest BCUT2D eigenvalue weighted by atomic mass is 9.83. The molecule has 0 aliphatic rings. The average Bonchev–Trinajstić information content (AvgIpc) is 3.04. The quantitative estimate of drug-likeness (QED) is 0.705. The van der Waals surface area contributed by atoms with Gasteiger partial charge in [-0.05, 0) is 17.6 Å². The number of nitrogens with zero attached hydrogens (tertiary/aromatic N) is 1. The molecule has 1 unspecified atom stereocenters. The fourth-order valence-electron chi connectivity index (χ4n) is 3.38. The summed E-state index contributed by atoms with van der Waals surface area (Å²) in [6.45, 7) is 13.5. The third kappa shape index (κ3) is 4.35. The maximum absolute atomic E-state index is 12.6. The molecule has 5 nitrogen and oxygen atoms in total. The van der Waals surface area contributed by atoms with Crippen LogP contribution in [-0.4, -0.2) is 34.8 Å². The Labute approximate surface area is 167 Å². The van der Waals surface area contributed by atoms with Crippen LogP contribution in [0.3, 0.4) is 0 Å². The second-order valence-corrected chi connectivity index (χ2v) is 8.06. The number of amides is 2. The van der Waals surface area contributed by atoms with Crippen LogP contribution in [-0.2, 0) is 15.0 Å². The van der Waals surface area contributed by atoms with Gasteiger partial charge in [0.25, 0.3) is 0 Å². The minimum absolute atomic E-state index is 0.0130. The summed E-state index contributed by atoms with van der Waals surface area (Å²) >= 11 is 0. The Kier molecular flexibility index (Phi) is 6.49. The number of carbonyl (C=O) groups excluding carboxylic acids is 2. The van der Waals surface area contributed by atoms with Gasteiger partial charge in [0.1, 0.15) is 6.04 Å². The van der Waals surface area contributed by atoms with E-state index in [1.54, 1.807) is 13.2 Å². The van der Waals surface area contributed by atoms with Crippen LogP contribution in [0.1, 0.15) is 45.7 Å². The molecule has 1 heterocycles. The first-order chi connectivity index (χ1) is 13.1. The lowest BCUT2D eigenvalue weighted by molar-refractivity contribution is -0.138. The summed E-state index contributed by atoms with van der Waals surface area (Å²) in [4.78, 5) is 29.0. The average molecular weight is 382 g/mol. The van der Waals surface area contributed by atoms with Crippen LogP contribution in [0.2, 0.25) is 0 Å². The fraction of sp³-hybridized carbons (Fsp3) is 0.391. The van der Waals surface area contributed by atoms with Crippen molar-refractivity contribution in [1.29, 1.82) is 0 Å². The van der Waals surface area contributed by atoms with E-state index < -0.39 is 6.04 Å². The van der Waals surface area contributed by atoms with Crippen molar-refractivity contribution in [2.45, 2.75) is 46.1 Å². The van der Waals surface area contributed by atoms with Gasteiger partial charge in [0, 0.05) is 42.7 Å². The fourth-order valence-corrected chi connectivity index (χ4v) is 3.38. The molecule has 1 aromatic carbocycles. The summed E-state index contributed by atoms with van der Waals surface area (Å²) in [5.74, 6) is -0.317. The lowest BCUT2D eigenvalue weighted by Gasteiger charge is -2.28. The standard InChI is InChI=1S/C23H31N3O2/c1-8-23(5,6)19-11-9-10-18-17(14-25-20(18)19)12-13-24-22(28)21(15(2)3)26(7)16(4)27/h8-15,21,25H,1H2,2-7H3,(H,24,28). The molecule has 2 aromatic rings. The summed E-state index contributed by atoms with van der Waals surface area (Å²) in [6.07, 6.45) is 7.37. The first-order valence-corrected chi connectivity index (χ1v) is 9.54. The molecule has 2 N–H and O–H groups in total. The van der Waals surface area contributed by atoms with Gasteiger partial charge in [-0.3, -0.25) is 9.59 Å². The van der Waals surface area contributed by atoms with Crippen LogP contribution >= 0.6 is 0 Å². The van der Waals surface area contributed by atoms with Crippen LogP contribution in [0, 0.1) is 5.92 Å². The number of hydrogen-bond donors (Lipinski definition) is 2. The first-order valence-electron chi connectivity index (χ1n) is 9.54. The molecule has 1 aromatic heterocycles. The van der Waals surface area contributed by atoms with Gasteiger partial charge in [-0.15, -0.1) is 6.58 Å². The van der Waals surface area contributed by atoms with Gasteiger partial charge < -0.3 is 15.2 Å². The zero-order chi connectivity index (χ0) is 21.1. The number of aromatic nitrogens is 1. The number of hydrogen-bond acceptors (Lipinski definition) is 2. The molecule has 1 atom stereocenters. The Morgan fingerprint density at radius 1 is 1.29 bits per heavy atom. The van der Waals surface area contributed by atoms with Crippen molar-refractivity contribution in [2.75, 3.05) is 7.05 Å². The van der Waals surface area contributed by atoms with Gasteiger partial charge in [0.05, 0.1) is 5.52 Å². The van der Waals surface area contributed by atoms with Gasteiger partial charge in [-0.2, -0.15) is 0 Å². The number of fused-ring (bicyclic) bond motifs is 1. The topological polar surface area (TPSA) is 65.2 Å². The Bertz CT molecular complexity index is 906. The van der Waals surface area contributed by atoms with Crippen molar-refractivity contribution in [3.8, 4) is 0 Å². The Hall–Kier alpha value is -2.82. The molecule has 2 rings (SSSR count). The first kappa shape index (κ1) is 21.5. The molecule has 0 bridgehead atoms. The highest BCUT2D eigenvalue weighted by atomic mass is 16.2. The van der Waals surface area contributed by atoms with Crippen molar-refractivity contribution < 1.29 is 9.59 Å². The zero-order valence-electron chi connectivity index (χ0n) is 17.7. The van der Waals surface area contributed by atoms with Crippen molar-refractivity contribution in [2.24, 2.45) is 5.92 Å². The SMILES string of the molecule is C=CC(C)(C)c1cccc2c(C=CNC(=O)C(C(C)C)N(C)C(C)=O)c[nH]c12. The van der Waals surface area contributed by atoms with Gasteiger partial charge in [0.15, 0.2) is 0 Å². The predicted octanol–water partition coefficient (Wildman–Crippen LogP) is 4.22. The Balaban J connectivity index is 2.24. The van der Waals surface area contributed by atoms with Crippen molar-refractivity contribution in [3.05, 3.63) is 54.4 Å². The summed E-state index contributed by atoms with van der Waals surface area (Å²) in [7, 11) is 1.65. The summed E-state index contributed by atoms with van der Waals surface area (Å²) in [6, 6.07) is 5.67. The molecule has 0 radical (unpaired) electrons. The lowest BCUT2D eigenvalue weighted by Crippen LogP contribution is -2.48. The van der Waals surface area contributed by atoms with Gasteiger partial charge in [0.2, 0.25) is 11.8 Å². The molecule has 0 aliphatic heterocycles. The van der Waals surface area contributed by atoms with E-state index in [1.807, 2.05) is 38.3 Å². The number of aromatic amines is 1. The number of carbonyl (C=O) groups is 2. The van der Waals surface area contributed by atoms with Gasteiger partial charge >= 0.3 is 0 Å². The maximum Gasteiger partial charge on any atom is 0.246 e. The van der Waals surface area contributed by atoms with Gasteiger partial charge in [-0.25, -0.2) is 0 Å². The van der Waals surface area contributed by atoms with E-state index >= 15 is 0 Å². The van der Waals surface area contributed by atoms with E-state index in [0.29, 0.717) is 0 Å². The van der Waals surface area contributed by atoms with E-state index in [2.05, 4.69) is 42.9 Å². The molecule has 0 spiro atoms. The van der Waals surface area contributed by atoms with Crippen LogP contribution in [0.15, 0.2) is 43.3 Å². The van der Waals surface area contributed by atoms with E-state index in [0.717, 1.165) is 16.5 Å². The molecule has 0 aliphatic carbocycles. The summed E-state index contributed by atoms with van der Waals surface area (Å²) in [5.41, 5.74) is 3.07. The number of H-pyrrole nitrogens is 1. The second kappa shape index (κ2) is 8.46. The molecule has 150 valence electrons. The molecule has 0 saturated heterocycles. The summed E-state index contributed by atoms with van der Waals surface area (Å²) < 4.78 is 0. The summed E-state index contributed by atoms with van der Waals surface area (Å²) in [5, 5.41) is 3.90. The Morgan fingerprint density at radius 3 is 2.54 bits per heavy atom. The Morgan fingerprint density at radius 2 is 1.96 bits per heavy atom. The normalized spacial score (nSPS) is 13.1. The van der Waals surface area contributed by atoms with E-state index in [4.69, 9.17) is 0 Å². The monoisotopic (exact) mass is 381 g/mol. The number of allylic oxidation sites excluding steroid dienone is 1. The smallest absolute Gasteiger partial charge is 0.246 e. The van der Waals surface area contributed by atoms with Crippen molar-refractivity contribution in [1.82, 2.24) is 15.2 Å². The predicted molar refractivity (Wildman–Crippen MR) is 116 cm³/mol. The highest BCUT2D eigenvalue weighted by molar-refractivity contribution is 5.92. The molecule has 5 heteroatoms. The highest BCUT2D eigenvalue weighted by Gasteiger charge is 2.27. The third-order valence-electron chi connectivity index (χ3n) is 5.25. The number of benzene rings is 1. The van der Waals surface area contributed by atoms with Crippen LogP contribution in [0.4, 0.5) is 0 Å². The maximum atomic E-state index is 12.6. The van der Waals surface area contributed by atoms with Crippen LogP contribution < -0.4 is 5.32 Å².